The molecule has 0 amide bonds. The Morgan fingerprint density at radius 1 is 0.500 bits per heavy atom. The number of benzene rings is 2. The molecule has 6 nitrogen and oxygen atoms in total. The lowest BCUT2D eigenvalue weighted by molar-refractivity contribution is -0.138. The zero-order chi connectivity index (χ0) is 30.4. The van der Waals surface area contributed by atoms with Crippen LogP contribution in [0.25, 0.3) is 45.4 Å². The Hall–Kier alpha value is -3.58. The van der Waals surface area contributed by atoms with E-state index in [1.54, 1.807) is 0 Å². The summed E-state index contributed by atoms with van der Waals surface area (Å²) in [4.78, 5) is 15.9. The summed E-state index contributed by atoms with van der Waals surface area (Å²) in [5.41, 5.74) is -0.718. The van der Waals surface area contributed by atoms with Gasteiger partial charge >= 0.3 is 12.4 Å². The maximum absolute atomic E-state index is 12.7. The van der Waals surface area contributed by atoms with E-state index in [0.717, 1.165) is 24.3 Å². The topological polar surface area (TPSA) is 77.8 Å². The highest BCUT2D eigenvalue weighted by atomic mass is 35.5. The summed E-state index contributed by atoms with van der Waals surface area (Å²) in [5.74, 6) is 0.0219. The van der Waals surface area contributed by atoms with Crippen molar-refractivity contribution in [2.75, 3.05) is 0 Å². The average Bonchev–Trinajstić information content (AvgIpc) is 3.54. The van der Waals surface area contributed by atoms with E-state index in [-0.39, 0.29) is 65.7 Å². The highest BCUT2D eigenvalue weighted by Crippen LogP contribution is 2.35. The summed E-state index contributed by atoms with van der Waals surface area (Å²) in [7, 11) is 0. The normalized spacial score (nSPS) is 12.0. The van der Waals surface area contributed by atoms with Crippen LogP contribution >= 0.6 is 46.4 Å². The summed E-state index contributed by atoms with van der Waals surface area (Å²) in [6.45, 7) is 0. The quantitative estimate of drug-likeness (QED) is 0.135. The maximum atomic E-state index is 12.7. The van der Waals surface area contributed by atoms with E-state index >= 15 is 0 Å². The minimum absolute atomic E-state index is 0.0109. The van der Waals surface area contributed by atoms with Crippen LogP contribution < -0.4 is 0 Å². The number of halogens is 10. The summed E-state index contributed by atoms with van der Waals surface area (Å²) in [6, 6.07) is 12.0. The van der Waals surface area contributed by atoms with Gasteiger partial charge in [-0.3, -0.25) is 0 Å². The highest BCUT2D eigenvalue weighted by Gasteiger charge is 2.32. The zero-order valence-corrected chi connectivity index (χ0v) is 23.2. The smallest absolute Gasteiger partial charge is 0.416 e. The number of rotatable bonds is 2. The second kappa shape index (κ2) is 11.3. The molecule has 0 aliphatic rings. The van der Waals surface area contributed by atoms with Crippen LogP contribution in [0.3, 0.4) is 0 Å². The molecule has 0 aliphatic carbocycles. The van der Waals surface area contributed by atoms with E-state index < -0.39 is 23.5 Å². The van der Waals surface area contributed by atoms with E-state index in [1.165, 1.54) is 36.4 Å². The number of nitrogens with zero attached hydrogens (tertiary/aromatic N) is 4. The Labute approximate surface area is 250 Å². The van der Waals surface area contributed by atoms with Gasteiger partial charge in [0.25, 0.3) is 0 Å². The predicted octanol–water partition coefficient (Wildman–Crippen LogP) is 10.4. The second-order valence-corrected chi connectivity index (χ2v) is 9.92. The molecule has 0 saturated carbocycles. The second-order valence-electron chi connectivity index (χ2n) is 8.33. The molecule has 0 atom stereocenters. The number of hydrogen-bond donors (Lipinski definition) is 0. The number of alkyl halides is 6. The van der Waals surface area contributed by atoms with Crippen molar-refractivity contribution in [2.45, 2.75) is 12.4 Å². The van der Waals surface area contributed by atoms with Crippen molar-refractivity contribution in [1.29, 1.82) is 0 Å². The number of oxazole rings is 2. The molecule has 0 spiro atoms. The van der Waals surface area contributed by atoms with Crippen molar-refractivity contribution >= 4 is 68.6 Å². The summed E-state index contributed by atoms with van der Waals surface area (Å²) < 4.78 is 86.7. The molecule has 2 aromatic carbocycles. The van der Waals surface area contributed by atoms with Crippen LogP contribution in [0.5, 0.6) is 0 Å². The van der Waals surface area contributed by atoms with Crippen LogP contribution in [-0.2, 0) is 12.4 Å². The van der Waals surface area contributed by atoms with Gasteiger partial charge < -0.3 is 8.83 Å². The zero-order valence-electron chi connectivity index (χ0n) is 20.2. The van der Waals surface area contributed by atoms with Crippen molar-refractivity contribution in [2.24, 2.45) is 0 Å². The molecule has 0 radical (unpaired) electrons. The van der Waals surface area contributed by atoms with Gasteiger partial charge in [0.15, 0.2) is 11.2 Å². The van der Waals surface area contributed by atoms with E-state index in [1.807, 2.05) is 0 Å². The van der Waals surface area contributed by atoms with Crippen LogP contribution in [0.1, 0.15) is 11.1 Å². The molecular formula is C26H10Cl4F6N4O2. The van der Waals surface area contributed by atoms with Crippen LogP contribution in [0.2, 0.25) is 20.4 Å². The lowest BCUT2D eigenvalue weighted by Crippen LogP contribution is -2.03. The molecule has 16 heteroatoms. The van der Waals surface area contributed by atoms with E-state index in [0.29, 0.717) is 0 Å². The average molecular weight is 666 g/mol. The Kier molecular flexibility index (Phi) is 8.01. The molecule has 0 aliphatic heterocycles. The molecule has 42 heavy (non-hydrogen) atoms. The van der Waals surface area contributed by atoms with Crippen LogP contribution in [-0.4, -0.2) is 19.9 Å². The fourth-order valence-electron chi connectivity index (χ4n) is 3.55. The third-order valence-corrected chi connectivity index (χ3v) is 6.49. The molecule has 0 unspecified atom stereocenters. The van der Waals surface area contributed by atoms with Crippen LogP contribution in [0, 0.1) is 0 Å². The first kappa shape index (κ1) is 29.9. The summed E-state index contributed by atoms with van der Waals surface area (Å²) in [5, 5.41) is 0.823. The monoisotopic (exact) mass is 664 g/mol. The van der Waals surface area contributed by atoms with Crippen molar-refractivity contribution in [3.05, 3.63) is 92.1 Å². The van der Waals surface area contributed by atoms with E-state index in [4.69, 9.17) is 55.2 Å². The third kappa shape index (κ3) is 6.41. The highest BCUT2D eigenvalue weighted by molar-refractivity contribution is 6.34. The van der Waals surface area contributed by atoms with Gasteiger partial charge in [0.1, 0.15) is 32.7 Å². The third-order valence-electron chi connectivity index (χ3n) is 5.46. The molecule has 0 fully saturated rings. The van der Waals surface area contributed by atoms with Gasteiger partial charge in [0.2, 0.25) is 11.8 Å². The number of aromatic nitrogens is 4. The van der Waals surface area contributed by atoms with Crippen LogP contribution in [0.4, 0.5) is 26.3 Å². The van der Waals surface area contributed by atoms with Gasteiger partial charge in [-0.1, -0.05) is 46.4 Å². The molecule has 6 rings (SSSR count). The number of fused-ring (bicyclic) bond motifs is 2. The molecular weight excluding hydrogens is 656 g/mol. The lowest BCUT2D eigenvalue weighted by atomic mass is 10.2. The van der Waals surface area contributed by atoms with Crippen molar-refractivity contribution in [3.8, 4) is 23.2 Å². The van der Waals surface area contributed by atoms with E-state index in [9.17, 15) is 26.3 Å². The summed E-state index contributed by atoms with van der Waals surface area (Å²) in [6.07, 6.45) is -8.89. The molecule has 6 aromatic rings. The Morgan fingerprint density at radius 3 is 1.24 bits per heavy atom. The Morgan fingerprint density at radius 2 is 0.881 bits per heavy atom. The SMILES string of the molecule is FC(F)(F)c1ccc2oc(-c3nc(Cl)ccc3Cl)nc2c1.FC(F)(F)c1ccc2oc(-c3nc(Cl)ccc3Cl)nc2c1. The molecule has 4 heterocycles. The Balaban J connectivity index is 0.000000168. The van der Waals surface area contributed by atoms with Gasteiger partial charge in [0.05, 0.1) is 21.2 Å². The standard InChI is InChI=1S/2C13H5Cl2F3N2O/c2*14-7-2-4-10(15)20-11(7)12-19-8-5-6(13(16,17)18)1-3-9(8)21-12/h2*1-5H. The van der Waals surface area contributed by atoms with E-state index in [2.05, 4.69) is 19.9 Å². The maximum Gasteiger partial charge on any atom is 0.416 e. The molecule has 216 valence electrons. The minimum Gasteiger partial charge on any atom is -0.435 e. The van der Waals surface area contributed by atoms with Crippen molar-refractivity contribution in [3.63, 3.8) is 0 Å². The molecule has 0 bridgehead atoms. The predicted molar refractivity (Wildman–Crippen MR) is 145 cm³/mol. The van der Waals surface area contributed by atoms with Gasteiger partial charge in [-0.15, -0.1) is 0 Å². The van der Waals surface area contributed by atoms with Gasteiger partial charge in [-0.2, -0.15) is 26.3 Å². The fraction of sp³-hybridized carbons (Fsp3) is 0.0769. The molecule has 0 N–H and O–H groups in total. The Bertz CT molecular complexity index is 1800. The first-order valence-corrected chi connectivity index (χ1v) is 12.8. The van der Waals surface area contributed by atoms with Crippen molar-refractivity contribution in [1.82, 2.24) is 19.9 Å². The van der Waals surface area contributed by atoms with Crippen LogP contribution in [0.15, 0.2) is 69.5 Å². The largest absolute Gasteiger partial charge is 0.435 e. The lowest BCUT2D eigenvalue weighted by Gasteiger charge is -2.04. The van der Waals surface area contributed by atoms with Gasteiger partial charge in [-0.05, 0) is 60.7 Å². The first-order valence-electron chi connectivity index (χ1n) is 11.3. The fourth-order valence-corrected chi connectivity index (χ4v) is 4.21. The van der Waals surface area contributed by atoms with Crippen molar-refractivity contribution < 1.29 is 35.2 Å². The minimum atomic E-state index is -4.45. The number of hydrogen-bond acceptors (Lipinski definition) is 6. The molecule has 0 saturated heterocycles. The van der Waals surface area contributed by atoms with Gasteiger partial charge in [-0.25, -0.2) is 19.9 Å². The first-order chi connectivity index (χ1) is 19.7. The molecule has 4 aromatic heterocycles. The summed E-state index contributed by atoms with van der Waals surface area (Å²) >= 11 is 23.4. The number of pyridine rings is 2. The van der Waals surface area contributed by atoms with Gasteiger partial charge in [0, 0.05) is 0 Å².